The second-order valence-electron chi connectivity index (χ2n) is 3.33. The van der Waals surface area contributed by atoms with Crippen LogP contribution in [0.2, 0.25) is 0 Å². The van der Waals surface area contributed by atoms with Gasteiger partial charge < -0.3 is 5.32 Å². The normalized spacial score (nSPS) is 10.9. The summed E-state index contributed by atoms with van der Waals surface area (Å²) in [5, 5.41) is 4.12. The summed E-state index contributed by atoms with van der Waals surface area (Å²) < 4.78 is 5.41. The van der Waals surface area contributed by atoms with Crippen molar-refractivity contribution in [2.24, 2.45) is 0 Å². The summed E-state index contributed by atoms with van der Waals surface area (Å²) >= 11 is 6.47. The van der Waals surface area contributed by atoms with E-state index < -0.39 is 0 Å². The minimum absolute atomic E-state index is 0.390. The van der Waals surface area contributed by atoms with Crippen LogP contribution in [0.4, 0.5) is 5.13 Å². The quantitative estimate of drug-likeness (QED) is 0.936. The number of nitrogens with one attached hydrogen (secondary N) is 1. The van der Waals surface area contributed by atoms with Gasteiger partial charge in [0.05, 0.1) is 8.66 Å². The molecule has 0 bridgehead atoms. The first-order valence-corrected chi connectivity index (χ1v) is 6.89. The minimum Gasteiger partial charge on any atom is -0.358 e. The van der Waals surface area contributed by atoms with Crippen molar-refractivity contribution in [2.75, 3.05) is 5.32 Å². The van der Waals surface area contributed by atoms with Crippen molar-refractivity contribution < 1.29 is 0 Å². The first kappa shape index (κ1) is 11.0. The van der Waals surface area contributed by atoms with Gasteiger partial charge in [-0.25, -0.2) is 0 Å². The van der Waals surface area contributed by atoms with E-state index in [2.05, 4.69) is 44.5 Å². The minimum atomic E-state index is 0.390. The van der Waals surface area contributed by atoms with Crippen LogP contribution >= 0.6 is 38.8 Å². The molecule has 0 aromatic carbocycles. The summed E-state index contributed by atoms with van der Waals surface area (Å²) in [5.41, 5.74) is 0. The number of aromatic nitrogens is 2. The number of hydrogen-bond donors (Lipinski definition) is 1. The number of anilines is 1. The van der Waals surface area contributed by atoms with Gasteiger partial charge in [-0.2, -0.15) is 9.36 Å². The molecule has 0 saturated carbocycles. The standard InChI is InChI=1S/C9H10BrN3S2/c1-5(2)11-9-12-8(13-15-9)6-3-4-7(10)14-6/h3-5H,1-2H3,(H,11,12,13). The van der Waals surface area contributed by atoms with E-state index in [0.29, 0.717) is 6.04 Å². The fourth-order valence-electron chi connectivity index (χ4n) is 1.06. The van der Waals surface area contributed by atoms with Crippen LogP contribution in [0.15, 0.2) is 15.9 Å². The lowest BCUT2D eigenvalue weighted by Gasteiger charge is -2.03. The van der Waals surface area contributed by atoms with Crippen LogP contribution < -0.4 is 5.32 Å². The summed E-state index contributed by atoms with van der Waals surface area (Å²) in [6, 6.07) is 4.42. The fraction of sp³-hybridized carbons (Fsp3) is 0.333. The summed E-state index contributed by atoms with van der Waals surface area (Å²) in [5.74, 6) is 0.804. The molecule has 0 aliphatic carbocycles. The zero-order valence-electron chi connectivity index (χ0n) is 8.32. The molecule has 6 heteroatoms. The van der Waals surface area contributed by atoms with E-state index in [1.807, 2.05) is 12.1 Å². The highest BCUT2D eigenvalue weighted by atomic mass is 79.9. The van der Waals surface area contributed by atoms with Crippen molar-refractivity contribution in [3.63, 3.8) is 0 Å². The molecule has 0 amide bonds. The number of halogens is 1. The molecule has 15 heavy (non-hydrogen) atoms. The van der Waals surface area contributed by atoms with Crippen LogP contribution in [0.1, 0.15) is 13.8 Å². The van der Waals surface area contributed by atoms with Gasteiger partial charge in [-0.3, -0.25) is 0 Å². The van der Waals surface area contributed by atoms with Crippen LogP contribution in [0.25, 0.3) is 10.7 Å². The van der Waals surface area contributed by atoms with Crippen LogP contribution in [0, 0.1) is 0 Å². The third-order valence-corrected chi connectivity index (χ3v) is 3.90. The summed E-state index contributed by atoms with van der Waals surface area (Å²) in [6.45, 7) is 4.17. The number of rotatable bonds is 3. The van der Waals surface area contributed by atoms with Gasteiger partial charge in [0.25, 0.3) is 0 Å². The van der Waals surface area contributed by atoms with E-state index in [9.17, 15) is 0 Å². The van der Waals surface area contributed by atoms with E-state index in [0.717, 1.165) is 19.6 Å². The van der Waals surface area contributed by atoms with Crippen molar-refractivity contribution in [1.82, 2.24) is 9.36 Å². The van der Waals surface area contributed by atoms with E-state index in [1.165, 1.54) is 11.5 Å². The maximum absolute atomic E-state index is 4.42. The zero-order valence-corrected chi connectivity index (χ0v) is 11.5. The highest BCUT2D eigenvalue weighted by Crippen LogP contribution is 2.31. The maximum Gasteiger partial charge on any atom is 0.203 e. The maximum atomic E-state index is 4.42. The molecule has 2 aromatic rings. The van der Waals surface area contributed by atoms with Crippen molar-refractivity contribution in [2.45, 2.75) is 19.9 Å². The first-order chi connectivity index (χ1) is 7.15. The molecule has 0 aliphatic rings. The van der Waals surface area contributed by atoms with Crippen LogP contribution in [0.5, 0.6) is 0 Å². The van der Waals surface area contributed by atoms with Gasteiger partial charge in [0.15, 0.2) is 5.82 Å². The molecular weight excluding hydrogens is 294 g/mol. The van der Waals surface area contributed by atoms with Crippen molar-refractivity contribution in [3.05, 3.63) is 15.9 Å². The summed E-state index contributed by atoms with van der Waals surface area (Å²) in [6.07, 6.45) is 0. The van der Waals surface area contributed by atoms with Crippen LogP contribution in [-0.2, 0) is 0 Å². The number of thiophene rings is 1. The topological polar surface area (TPSA) is 37.8 Å². The Morgan fingerprint density at radius 3 is 2.80 bits per heavy atom. The molecule has 0 unspecified atom stereocenters. The third-order valence-electron chi connectivity index (χ3n) is 1.63. The molecular formula is C9H10BrN3S2. The predicted molar refractivity (Wildman–Crippen MR) is 69.7 cm³/mol. The average Bonchev–Trinajstić information content (AvgIpc) is 2.72. The average molecular weight is 304 g/mol. The molecule has 80 valence electrons. The Kier molecular flexibility index (Phi) is 3.38. The van der Waals surface area contributed by atoms with Crippen LogP contribution in [0.3, 0.4) is 0 Å². The van der Waals surface area contributed by atoms with E-state index in [1.54, 1.807) is 11.3 Å². The van der Waals surface area contributed by atoms with Crippen molar-refractivity contribution >= 4 is 43.9 Å². The number of nitrogens with zero attached hydrogens (tertiary/aromatic N) is 2. The molecule has 0 atom stereocenters. The SMILES string of the molecule is CC(C)Nc1nc(-c2ccc(Br)s2)ns1. The predicted octanol–water partition coefficient (Wildman–Crippen LogP) is 3.85. The van der Waals surface area contributed by atoms with Gasteiger partial charge in [-0.1, -0.05) is 0 Å². The Labute approximate surface area is 105 Å². The van der Waals surface area contributed by atoms with Gasteiger partial charge >= 0.3 is 0 Å². The second kappa shape index (κ2) is 4.59. The van der Waals surface area contributed by atoms with E-state index >= 15 is 0 Å². The highest BCUT2D eigenvalue weighted by Gasteiger charge is 2.08. The molecule has 2 aromatic heterocycles. The van der Waals surface area contributed by atoms with Crippen LogP contribution in [-0.4, -0.2) is 15.4 Å². The third kappa shape index (κ3) is 2.76. The second-order valence-corrected chi connectivity index (χ2v) is 6.54. The van der Waals surface area contributed by atoms with Gasteiger partial charge in [0.1, 0.15) is 0 Å². The summed E-state index contributed by atoms with van der Waals surface area (Å²) in [7, 11) is 0. The van der Waals surface area contributed by atoms with Gasteiger partial charge in [-0.15, -0.1) is 11.3 Å². The molecule has 0 radical (unpaired) electrons. The molecule has 0 aliphatic heterocycles. The van der Waals surface area contributed by atoms with E-state index in [4.69, 9.17) is 0 Å². The first-order valence-electron chi connectivity index (χ1n) is 4.51. The van der Waals surface area contributed by atoms with Gasteiger partial charge in [0, 0.05) is 17.6 Å². The Morgan fingerprint density at radius 1 is 1.40 bits per heavy atom. The Morgan fingerprint density at radius 2 is 2.20 bits per heavy atom. The Balaban J connectivity index is 2.20. The molecule has 1 N–H and O–H groups in total. The molecule has 2 heterocycles. The van der Waals surface area contributed by atoms with Gasteiger partial charge in [-0.05, 0) is 41.9 Å². The molecule has 0 fully saturated rings. The van der Waals surface area contributed by atoms with Gasteiger partial charge in [0.2, 0.25) is 5.13 Å². The molecule has 2 rings (SSSR count). The highest BCUT2D eigenvalue weighted by molar-refractivity contribution is 9.11. The smallest absolute Gasteiger partial charge is 0.203 e. The zero-order chi connectivity index (χ0) is 10.8. The lowest BCUT2D eigenvalue weighted by Crippen LogP contribution is -2.08. The Bertz CT molecular complexity index is 450. The fourth-order valence-corrected chi connectivity index (χ4v) is 3.17. The largest absolute Gasteiger partial charge is 0.358 e. The monoisotopic (exact) mass is 303 g/mol. The lowest BCUT2D eigenvalue weighted by atomic mass is 10.4. The lowest BCUT2D eigenvalue weighted by molar-refractivity contribution is 0.897. The Hall–Kier alpha value is -0.460. The van der Waals surface area contributed by atoms with Crippen molar-refractivity contribution in [1.29, 1.82) is 0 Å². The number of hydrogen-bond acceptors (Lipinski definition) is 5. The molecule has 3 nitrogen and oxygen atoms in total. The van der Waals surface area contributed by atoms with E-state index in [-0.39, 0.29) is 0 Å². The summed E-state index contributed by atoms with van der Waals surface area (Å²) in [4.78, 5) is 5.51. The molecule has 0 spiro atoms. The van der Waals surface area contributed by atoms with Crippen molar-refractivity contribution in [3.8, 4) is 10.7 Å². The molecule has 0 saturated heterocycles.